The van der Waals surface area contributed by atoms with E-state index in [-0.39, 0.29) is 5.54 Å². The monoisotopic (exact) mass is 208 g/mol. The number of methoxy groups -OCH3 is 1. The molecule has 3 heteroatoms. The second-order valence-electron chi connectivity index (χ2n) is 4.31. The molecule has 0 aliphatic heterocycles. The van der Waals surface area contributed by atoms with Crippen molar-refractivity contribution in [2.75, 3.05) is 20.3 Å². The molecule has 0 bridgehead atoms. The van der Waals surface area contributed by atoms with E-state index in [4.69, 9.17) is 4.74 Å². The lowest BCUT2D eigenvalue weighted by atomic mass is 10.1. The molecule has 0 spiro atoms. The minimum Gasteiger partial charge on any atom is -0.383 e. The van der Waals surface area contributed by atoms with Crippen molar-refractivity contribution in [2.24, 2.45) is 0 Å². The van der Waals surface area contributed by atoms with Crippen molar-refractivity contribution in [3.63, 3.8) is 0 Å². The Morgan fingerprint density at radius 2 is 2.20 bits per heavy atom. The second-order valence-corrected chi connectivity index (χ2v) is 4.31. The van der Waals surface area contributed by atoms with Gasteiger partial charge < -0.3 is 10.1 Å². The molecule has 0 atom stereocenters. The maximum absolute atomic E-state index is 5.13. The van der Waals surface area contributed by atoms with Crippen LogP contribution in [0.4, 0.5) is 0 Å². The first-order valence-electron chi connectivity index (χ1n) is 5.28. The smallest absolute Gasteiger partial charge is 0.0639 e. The van der Waals surface area contributed by atoms with Crippen LogP contribution in [-0.2, 0) is 11.2 Å². The molecule has 0 radical (unpaired) electrons. The molecule has 1 aromatic rings. The molecule has 0 aliphatic rings. The Labute approximate surface area is 91.9 Å². The Bertz CT molecular complexity index is 272. The van der Waals surface area contributed by atoms with Crippen LogP contribution in [0.25, 0.3) is 0 Å². The SMILES string of the molecule is COCC(C)(C)NCCc1ccccn1. The quantitative estimate of drug-likeness (QED) is 0.771. The number of hydrogen-bond acceptors (Lipinski definition) is 3. The zero-order valence-corrected chi connectivity index (χ0v) is 9.79. The minimum atomic E-state index is 0.0313. The van der Waals surface area contributed by atoms with Crippen molar-refractivity contribution in [1.29, 1.82) is 0 Å². The lowest BCUT2D eigenvalue weighted by molar-refractivity contribution is 0.129. The Kier molecular flexibility index (Phi) is 4.72. The maximum atomic E-state index is 5.13. The molecule has 0 fully saturated rings. The summed E-state index contributed by atoms with van der Waals surface area (Å²) in [7, 11) is 1.72. The summed E-state index contributed by atoms with van der Waals surface area (Å²) >= 11 is 0. The predicted octanol–water partition coefficient (Wildman–Crippen LogP) is 1.64. The first-order chi connectivity index (χ1) is 7.14. The molecular formula is C12H20N2O. The highest BCUT2D eigenvalue weighted by atomic mass is 16.5. The molecule has 1 rings (SSSR count). The Morgan fingerprint density at radius 3 is 2.80 bits per heavy atom. The molecule has 1 aromatic heterocycles. The van der Waals surface area contributed by atoms with Crippen molar-refractivity contribution in [3.05, 3.63) is 30.1 Å². The summed E-state index contributed by atoms with van der Waals surface area (Å²) in [4.78, 5) is 4.27. The van der Waals surface area contributed by atoms with Crippen LogP contribution in [0.15, 0.2) is 24.4 Å². The van der Waals surface area contributed by atoms with Gasteiger partial charge in [0.05, 0.1) is 6.61 Å². The van der Waals surface area contributed by atoms with Crippen LogP contribution in [0, 0.1) is 0 Å². The van der Waals surface area contributed by atoms with E-state index < -0.39 is 0 Å². The summed E-state index contributed by atoms with van der Waals surface area (Å²) in [5, 5.41) is 3.44. The fourth-order valence-electron chi connectivity index (χ4n) is 1.49. The third kappa shape index (κ3) is 4.91. The van der Waals surface area contributed by atoms with Gasteiger partial charge in [-0.25, -0.2) is 0 Å². The second kappa shape index (κ2) is 5.83. The fraction of sp³-hybridized carbons (Fsp3) is 0.583. The van der Waals surface area contributed by atoms with Crippen molar-refractivity contribution in [2.45, 2.75) is 25.8 Å². The van der Waals surface area contributed by atoms with E-state index in [0.717, 1.165) is 25.3 Å². The Morgan fingerprint density at radius 1 is 1.40 bits per heavy atom. The number of nitrogens with one attached hydrogen (secondary N) is 1. The summed E-state index contributed by atoms with van der Waals surface area (Å²) in [5.74, 6) is 0. The zero-order chi connectivity index (χ0) is 11.1. The lowest BCUT2D eigenvalue weighted by Crippen LogP contribution is -2.44. The van der Waals surface area contributed by atoms with E-state index in [1.807, 2.05) is 24.4 Å². The number of aromatic nitrogens is 1. The Hall–Kier alpha value is -0.930. The van der Waals surface area contributed by atoms with Crippen LogP contribution in [0.3, 0.4) is 0 Å². The van der Waals surface area contributed by atoms with Gasteiger partial charge in [-0.1, -0.05) is 6.07 Å². The van der Waals surface area contributed by atoms with Gasteiger partial charge in [0.2, 0.25) is 0 Å². The van der Waals surface area contributed by atoms with Gasteiger partial charge in [0, 0.05) is 37.5 Å². The molecule has 0 saturated carbocycles. The molecule has 3 nitrogen and oxygen atoms in total. The first-order valence-corrected chi connectivity index (χ1v) is 5.28. The average molecular weight is 208 g/mol. The number of rotatable bonds is 6. The molecule has 0 unspecified atom stereocenters. The predicted molar refractivity (Wildman–Crippen MR) is 61.9 cm³/mol. The van der Waals surface area contributed by atoms with Gasteiger partial charge in [-0.2, -0.15) is 0 Å². The van der Waals surface area contributed by atoms with Gasteiger partial charge in [0.15, 0.2) is 0 Å². The number of hydrogen-bond donors (Lipinski definition) is 1. The summed E-state index contributed by atoms with van der Waals surface area (Å²) < 4.78 is 5.13. The minimum absolute atomic E-state index is 0.0313. The van der Waals surface area contributed by atoms with Crippen LogP contribution in [0.1, 0.15) is 19.5 Å². The average Bonchev–Trinajstić information content (AvgIpc) is 2.19. The summed E-state index contributed by atoms with van der Waals surface area (Å²) in [6.07, 6.45) is 2.78. The third-order valence-electron chi connectivity index (χ3n) is 2.22. The van der Waals surface area contributed by atoms with Crippen molar-refractivity contribution in [1.82, 2.24) is 10.3 Å². The number of nitrogens with zero attached hydrogens (tertiary/aromatic N) is 1. The molecule has 84 valence electrons. The lowest BCUT2D eigenvalue weighted by Gasteiger charge is -2.25. The molecule has 15 heavy (non-hydrogen) atoms. The summed E-state index contributed by atoms with van der Waals surface area (Å²) in [5.41, 5.74) is 1.15. The maximum Gasteiger partial charge on any atom is 0.0639 e. The van der Waals surface area contributed by atoms with Gasteiger partial charge in [-0.15, -0.1) is 0 Å². The van der Waals surface area contributed by atoms with Crippen molar-refractivity contribution < 1.29 is 4.74 Å². The standard InChI is InChI=1S/C12H20N2O/c1-12(2,10-15-3)14-9-7-11-6-4-5-8-13-11/h4-6,8,14H,7,9-10H2,1-3H3. The molecular weight excluding hydrogens is 188 g/mol. The van der Waals surface area contributed by atoms with Gasteiger partial charge in [-0.3, -0.25) is 4.98 Å². The van der Waals surface area contributed by atoms with Crippen LogP contribution in [-0.4, -0.2) is 30.8 Å². The third-order valence-corrected chi connectivity index (χ3v) is 2.22. The fourth-order valence-corrected chi connectivity index (χ4v) is 1.49. The van der Waals surface area contributed by atoms with E-state index in [1.165, 1.54) is 0 Å². The Balaban J connectivity index is 2.27. The summed E-state index contributed by atoms with van der Waals surface area (Å²) in [6, 6.07) is 6.00. The van der Waals surface area contributed by atoms with Crippen LogP contribution in [0.5, 0.6) is 0 Å². The highest BCUT2D eigenvalue weighted by Crippen LogP contribution is 2.02. The zero-order valence-electron chi connectivity index (χ0n) is 9.79. The van der Waals surface area contributed by atoms with E-state index >= 15 is 0 Å². The first kappa shape index (κ1) is 12.1. The van der Waals surface area contributed by atoms with Crippen molar-refractivity contribution in [3.8, 4) is 0 Å². The normalized spacial score (nSPS) is 11.7. The van der Waals surface area contributed by atoms with Crippen LogP contribution < -0.4 is 5.32 Å². The number of pyridine rings is 1. The highest BCUT2D eigenvalue weighted by Gasteiger charge is 2.15. The highest BCUT2D eigenvalue weighted by molar-refractivity contribution is 5.03. The molecule has 0 saturated heterocycles. The van der Waals surface area contributed by atoms with Crippen LogP contribution in [0.2, 0.25) is 0 Å². The van der Waals surface area contributed by atoms with E-state index in [1.54, 1.807) is 7.11 Å². The largest absolute Gasteiger partial charge is 0.383 e. The topological polar surface area (TPSA) is 34.1 Å². The van der Waals surface area contributed by atoms with Gasteiger partial charge in [0.25, 0.3) is 0 Å². The van der Waals surface area contributed by atoms with Gasteiger partial charge in [-0.05, 0) is 26.0 Å². The molecule has 1 N–H and O–H groups in total. The van der Waals surface area contributed by atoms with Crippen LogP contribution >= 0.6 is 0 Å². The molecule has 1 heterocycles. The molecule has 0 amide bonds. The van der Waals surface area contributed by atoms with Gasteiger partial charge >= 0.3 is 0 Å². The van der Waals surface area contributed by atoms with Gasteiger partial charge in [0.1, 0.15) is 0 Å². The molecule has 0 aromatic carbocycles. The molecule has 0 aliphatic carbocycles. The van der Waals surface area contributed by atoms with E-state index in [2.05, 4.69) is 24.1 Å². The number of ether oxygens (including phenoxy) is 1. The van der Waals surface area contributed by atoms with E-state index in [0.29, 0.717) is 0 Å². The van der Waals surface area contributed by atoms with Crippen molar-refractivity contribution >= 4 is 0 Å². The van der Waals surface area contributed by atoms with E-state index in [9.17, 15) is 0 Å². The summed E-state index contributed by atoms with van der Waals surface area (Å²) in [6.45, 7) is 5.91.